The standard InChI is InChI=1S/C23H21BrN2O3S.C2H6/c1-15(17-10-12-19(24)13-11-17)25-23(28)29-14-16-6-8-18(9-7-16)22(27)26-20-4-2-3-5-21(20)30;1-2/h2-13,15,30H,14H2,1H3,(H,25,28)(H,26,27);1-2H3. The van der Waals surface area contributed by atoms with Crippen LogP contribution in [0.5, 0.6) is 0 Å². The van der Waals surface area contributed by atoms with E-state index in [1.165, 1.54) is 0 Å². The van der Waals surface area contributed by atoms with Gasteiger partial charge in [0.25, 0.3) is 5.91 Å². The van der Waals surface area contributed by atoms with Gasteiger partial charge in [-0.05, 0) is 54.4 Å². The average molecular weight is 515 g/mol. The van der Waals surface area contributed by atoms with Crippen LogP contribution >= 0.6 is 28.6 Å². The van der Waals surface area contributed by atoms with Crippen LogP contribution in [0.3, 0.4) is 0 Å². The van der Waals surface area contributed by atoms with Gasteiger partial charge in [0.1, 0.15) is 6.61 Å². The maximum Gasteiger partial charge on any atom is 0.407 e. The fourth-order valence-electron chi connectivity index (χ4n) is 2.73. The number of nitrogens with one attached hydrogen (secondary N) is 2. The van der Waals surface area contributed by atoms with Crippen molar-refractivity contribution in [3.05, 3.63) is 94.0 Å². The minimum Gasteiger partial charge on any atom is -0.445 e. The first-order chi connectivity index (χ1) is 15.4. The number of halogens is 1. The molecule has 7 heteroatoms. The molecule has 3 rings (SSSR count). The van der Waals surface area contributed by atoms with Gasteiger partial charge in [0.05, 0.1) is 11.7 Å². The molecule has 1 unspecified atom stereocenters. The molecular formula is C25H27BrN2O3S. The van der Waals surface area contributed by atoms with Crippen molar-refractivity contribution in [2.24, 2.45) is 0 Å². The summed E-state index contributed by atoms with van der Waals surface area (Å²) >= 11 is 7.72. The van der Waals surface area contributed by atoms with Crippen molar-refractivity contribution in [3.8, 4) is 0 Å². The molecule has 3 aromatic carbocycles. The second kappa shape index (κ2) is 12.9. The molecule has 0 spiro atoms. The van der Waals surface area contributed by atoms with Gasteiger partial charge in [0, 0.05) is 14.9 Å². The minimum atomic E-state index is -0.502. The highest BCUT2D eigenvalue weighted by Gasteiger charge is 2.11. The molecule has 5 nitrogen and oxygen atoms in total. The summed E-state index contributed by atoms with van der Waals surface area (Å²) in [6.07, 6.45) is -0.502. The molecule has 0 fully saturated rings. The molecule has 1 atom stereocenters. The second-order valence-electron chi connectivity index (χ2n) is 6.66. The molecular weight excluding hydrogens is 488 g/mol. The normalized spacial score (nSPS) is 10.9. The van der Waals surface area contributed by atoms with E-state index < -0.39 is 6.09 Å². The van der Waals surface area contributed by atoms with Crippen LogP contribution in [0.2, 0.25) is 0 Å². The van der Waals surface area contributed by atoms with Crippen LogP contribution in [0.4, 0.5) is 10.5 Å². The van der Waals surface area contributed by atoms with Crippen LogP contribution in [0.1, 0.15) is 48.3 Å². The molecule has 0 aromatic heterocycles. The fraction of sp³-hybridized carbons (Fsp3) is 0.200. The molecule has 168 valence electrons. The zero-order valence-electron chi connectivity index (χ0n) is 18.3. The van der Waals surface area contributed by atoms with Crippen LogP contribution in [-0.4, -0.2) is 12.0 Å². The molecule has 0 aliphatic carbocycles. The summed E-state index contributed by atoms with van der Waals surface area (Å²) in [7, 11) is 0. The van der Waals surface area contributed by atoms with Crippen molar-refractivity contribution in [2.45, 2.75) is 38.3 Å². The third-order valence-electron chi connectivity index (χ3n) is 4.44. The molecule has 3 aromatic rings. The molecule has 2 amide bonds. The number of alkyl carbamates (subject to hydrolysis) is 1. The number of hydrogen-bond acceptors (Lipinski definition) is 4. The van der Waals surface area contributed by atoms with Gasteiger partial charge in [-0.2, -0.15) is 0 Å². The summed E-state index contributed by atoms with van der Waals surface area (Å²) in [4.78, 5) is 25.1. The third kappa shape index (κ3) is 7.73. The van der Waals surface area contributed by atoms with Crippen molar-refractivity contribution < 1.29 is 14.3 Å². The number of amides is 2. The Morgan fingerprint density at radius 1 is 0.969 bits per heavy atom. The van der Waals surface area contributed by atoms with E-state index in [9.17, 15) is 9.59 Å². The van der Waals surface area contributed by atoms with Crippen LogP contribution in [0, 0.1) is 0 Å². The van der Waals surface area contributed by atoms with Gasteiger partial charge in [0.2, 0.25) is 0 Å². The summed E-state index contributed by atoms with van der Waals surface area (Å²) in [6, 6.07) is 21.7. The average Bonchev–Trinajstić information content (AvgIpc) is 2.81. The van der Waals surface area contributed by atoms with E-state index in [2.05, 4.69) is 39.2 Å². The summed E-state index contributed by atoms with van der Waals surface area (Å²) in [5.74, 6) is -0.231. The quantitative estimate of drug-likeness (QED) is 0.310. The molecule has 0 bridgehead atoms. The predicted molar refractivity (Wildman–Crippen MR) is 135 cm³/mol. The van der Waals surface area contributed by atoms with Gasteiger partial charge < -0.3 is 15.4 Å². The highest BCUT2D eigenvalue weighted by Crippen LogP contribution is 2.20. The van der Waals surface area contributed by atoms with Crippen LogP contribution in [0.25, 0.3) is 0 Å². The van der Waals surface area contributed by atoms with E-state index in [-0.39, 0.29) is 18.6 Å². The number of ether oxygens (including phenoxy) is 1. The predicted octanol–water partition coefficient (Wildman–Crippen LogP) is 7.00. The molecule has 0 aliphatic heterocycles. The molecule has 0 radical (unpaired) electrons. The highest BCUT2D eigenvalue weighted by molar-refractivity contribution is 9.10. The van der Waals surface area contributed by atoms with Gasteiger partial charge in [-0.15, -0.1) is 12.6 Å². The number of anilines is 1. The zero-order valence-corrected chi connectivity index (χ0v) is 20.7. The topological polar surface area (TPSA) is 67.4 Å². The fourth-order valence-corrected chi connectivity index (χ4v) is 3.21. The maximum absolute atomic E-state index is 12.4. The SMILES string of the molecule is CC.CC(NC(=O)OCc1ccc(C(=O)Nc2ccccc2S)cc1)c1ccc(Br)cc1. The lowest BCUT2D eigenvalue weighted by Crippen LogP contribution is -2.27. The summed E-state index contributed by atoms with van der Waals surface area (Å²) in [6.45, 7) is 6.00. The molecule has 0 aliphatic rings. The number of benzene rings is 3. The van der Waals surface area contributed by atoms with E-state index in [0.717, 1.165) is 15.6 Å². The summed E-state index contributed by atoms with van der Waals surface area (Å²) in [5, 5.41) is 5.62. The van der Waals surface area contributed by atoms with E-state index >= 15 is 0 Å². The Hall–Kier alpha value is -2.77. The molecule has 2 N–H and O–H groups in total. The Kier molecular flexibility index (Phi) is 10.3. The van der Waals surface area contributed by atoms with Crippen molar-refractivity contribution in [2.75, 3.05) is 5.32 Å². The summed E-state index contributed by atoms with van der Waals surface area (Å²) in [5.41, 5.74) is 2.92. The highest BCUT2D eigenvalue weighted by atomic mass is 79.9. The zero-order chi connectivity index (χ0) is 23.5. The lowest BCUT2D eigenvalue weighted by Gasteiger charge is -2.14. The largest absolute Gasteiger partial charge is 0.445 e. The van der Waals surface area contributed by atoms with Gasteiger partial charge in [0.15, 0.2) is 0 Å². The van der Waals surface area contributed by atoms with Gasteiger partial charge in [-0.25, -0.2) is 4.79 Å². The number of hydrogen-bond donors (Lipinski definition) is 3. The van der Waals surface area contributed by atoms with E-state index in [4.69, 9.17) is 4.74 Å². The molecule has 0 heterocycles. The first kappa shape index (κ1) is 25.5. The Morgan fingerprint density at radius 3 is 2.22 bits per heavy atom. The number of para-hydroxylation sites is 1. The number of rotatable bonds is 6. The first-order valence-corrected chi connectivity index (χ1v) is 11.5. The lowest BCUT2D eigenvalue weighted by atomic mass is 10.1. The van der Waals surface area contributed by atoms with Gasteiger partial charge in [-0.3, -0.25) is 4.79 Å². The van der Waals surface area contributed by atoms with E-state index in [0.29, 0.717) is 16.1 Å². The first-order valence-electron chi connectivity index (χ1n) is 10.3. The van der Waals surface area contributed by atoms with Crippen molar-refractivity contribution in [1.82, 2.24) is 5.32 Å². The van der Waals surface area contributed by atoms with Gasteiger partial charge in [-0.1, -0.05) is 66.2 Å². The molecule has 0 saturated carbocycles. The molecule has 0 saturated heterocycles. The van der Waals surface area contributed by atoms with Crippen molar-refractivity contribution >= 4 is 46.2 Å². The number of carbonyl (C=O) groups is 2. The number of thiol groups is 1. The monoisotopic (exact) mass is 514 g/mol. The van der Waals surface area contributed by atoms with E-state index in [1.807, 2.05) is 63.2 Å². The maximum atomic E-state index is 12.4. The van der Waals surface area contributed by atoms with Crippen LogP contribution in [0.15, 0.2) is 82.2 Å². The smallest absolute Gasteiger partial charge is 0.407 e. The summed E-state index contributed by atoms with van der Waals surface area (Å²) < 4.78 is 6.27. The Labute approximate surface area is 203 Å². The van der Waals surface area contributed by atoms with Gasteiger partial charge >= 0.3 is 6.09 Å². The second-order valence-corrected chi connectivity index (χ2v) is 8.06. The van der Waals surface area contributed by atoms with Crippen molar-refractivity contribution in [1.29, 1.82) is 0 Å². The molecule has 32 heavy (non-hydrogen) atoms. The van der Waals surface area contributed by atoms with E-state index in [1.54, 1.807) is 30.3 Å². The Balaban J connectivity index is 0.00000176. The third-order valence-corrected chi connectivity index (χ3v) is 5.36. The Bertz CT molecular complexity index is 1020. The number of carbonyl (C=O) groups excluding carboxylic acids is 2. The minimum absolute atomic E-state index is 0.111. The van der Waals surface area contributed by atoms with Crippen LogP contribution < -0.4 is 10.6 Å². The Morgan fingerprint density at radius 2 is 1.59 bits per heavy atom. The van der Waals surface area contributed by atoms with Crippen molar-refractivity contribution in [3.63, 3.8) is 0 Å². The van der Waals surface area contributed by atoms with Crippen LogP contribution in [-0.2, 0) is 11.3 Å². The lowest BCUT2D eigenvalue weighted by molar-refractivity contribution is 0.102.